The van der Waals surface area contributed by atoms with E-state index in [2.05, 4.69) is 22.0 Å². The van der Waals surface area contributed by atoms with Gasteiger partial charge in [-0.05, 0) is 7.05 Å². The van der Waals surface area contributed by atoms with Crippen molar-refractivity contribution in [2.45, 2.75) is 13.0 Å². The van der Waals surface area contributed by atoms with Crippen LogP contribution in [0.4, 0.5) is 0 Å². The van der Waals surface area contributed by atoms with Gasteiger partial charge in [0, 0.05) is 45.2 Å². The average molecular weight is 225 g/mol. The Balaban J connectivity index is 1.74. The summed E-state index contributed by atoms with van der Waals surface area (Å²) in [5.41, 5.74) is 0.619. The van der Waals surface area contributed by atoms with Crippen molar-refractivity contribution in [3.05, 3.63) is 17.5 Å². The molecule has 1 N–H and O–H groups in total. The molecule has 1 aromatic rings. The topological polar surface area (TPSA) is 52.7 Å². The predicted molar refractivity (Wildman–Crippen MR) is 60.1 cm³/mol. The quantitative estimate of drug-likeness (QED) is 0.779. The molecule has 0 aliphatic carbocycles. The highest BCUT2D eigenvalue weighted by atomic mass is 16.5. The molecule has 0 unspecified atom stereocenters. The van der Waals surface area contributed by atoms with Crippen molar-refractivity contribution in [2.75, 3.05) is 39.8 Å². The fourth-order valence-corrected chi connectivity index (χ4v) is 1.89. The molecule has 90 valence electrons. The van der Waals surface area contributed by atoms with E-state index in [1.165, 1.54) is 0 Å². The third-order valence-corrected chi connectivity index (χ3v) is 3.04. The first-order valence-corrected chi connectivity index (χ1v) is 5.74. The zero-order valence-electron chi connectivity index (χ0n) is 9.72. The molecule has 1 aliphatic rings. The molecule has 0 spiro atoms. The standard InChI is InChI=1S/C11H19N3O2/c1-13-4-6-14(7-5-13)3-2-11-8-10(9-15)12-16-11/h8,15H,2-7,9H2,1H3. The van der Waals surface area contributed by atoms with E-state index in [4.69, 9.17) is 9.63 Å². The lowest BCUT2D eigenvalue weighted by atomic mass is 10.2. The van der Waals surface area contributed by atoms with Gasteiger partial charge in [0.25, 0.3) is 0 Å². The van der Waals surface area contributed by atoms with E-state index in [0.29, 0.717) is 5.69 Å². The van der Waals surface area contributed by atoms with Gasteiger partial charge in [-0.1, -0.05) is 5.16 Å². The summed E-state index contributed by atoms with van der Waals surface area (Å²) in [6.07, 6.45) is 0.872. The maximum absolute atomic E-state index is 8.86. The van der Waals surface area contributed by atoms with Gasteiger partial charge in [-0.2, -0.15) is 0 Å². The second kappa shape index (κ2) is 5.43. The van der Waals surface area contributed by atoms with E-state index in [1.54, 1.807) is 0 Å². The van der Waals surface area contributed by atoms with Crippen LogP contribution in [0.5, 0.6) is 0 Å². The molecule has 1 saturated heterocycles. The van der Waals surface area contributed by atoms with Gasteiger partial charge in [0.15, 0.2) is 0 Å². The number of aromatic nitrogens is 1. The van der Waals surface area contributed by atoms with Gasteiger partial charge in [0.05, 0.1) is 6.61 Å². The number of hydrogen-bond donors (Lipinski definition) is 1. The molecule has 0 saturated carbocycles. The van der Waals surface area contributed by atoms with Crippen LogP contribution in [0.1, 0.15) is 11.5 Å². The van der Waals surface area contributed by atoms with Gasteiger partial charge in [0.1, 0.15) is 11.5 Å². The van der Waals surface area contributed by atoms with Crippen LogP contribution in [0.15, 0.2) is 10.6 Å². The molecular formula is C11H19N3O2. The van der Waals surface area contributed by atoms with Crippen LogP contribution >= 0.6 is 0 Å². The molecule has 0 bridgehead atoms. The van der Waals surface area contributed by atoms with E-state index in [1.807, 2.05) is 6.07 Å². The molecule has 1 aromatic heterocycles. The lowest BCUT2D eigenvalue weighted by Gasteiger charge is -2.31. The Morgan fingerprint density at radius 1 is 1.38 bits per heavy atom. The van der Waals surface area contributed by atoms with Crippen LogP contribution in [0.2, 0.25) is 0 Å². The van der Waals surface area contributed by atoms with E-state index >= 15 is 0 Å². The number of hydrogen-bond acceptors (Lipinski definition) is 5. The fourth-order valence-electron chi connectivity index (χ4n) is 1.89. The zero-order valence-corrected chi connectivity index (χ0v) is 9.72. The minimum atomic E-state index is -0.0436. The summed E-state index contributed by atoms with van der Waals surface area (Å²) in [4.78, 5) is 4.77. The summed E-state index contributed by atoms with van der Waals surface area (Å²) < 4.78 is 5.12. The van der Waals surface area contributed by atoms with Crippen molar-refractivity contribution in [1.29, 1.82) is 0 Å². The van der Waals surface area contributed by atoms with E-state index in [-0.39, 0.29) is 6.61 Å². The van der Waals surface area contributed by atoms with Gasteiger partial charge in [-0.25, -0.2) is 0 Å². The number of likely N-dealkylation sites (N-methyl/N-ethyl adjacent to an activating group) is 1. The molecular weight excluding hydrogens is 206 g/mol. The van der Waals surface area contributed by atoms with Crippen LogP contribution in [0.25, 0.3) is 0 Å². The molecule has 5 nitrogen and oxygen atoms in total. The average Bonchev–Trinajstić information content (AvgIpc) is 2.76. The maximum Gasteiger partial charge on any atom is 0.138 e. The maximum atomic E-state index is 8.86. The fraction of sp³-hybridized carbons (Fsp3) is 0.727. The summed E-state index contributed by atoms with van der Waals surface area (Å²) in [7, 11) is 2.15. The smallest absolute Gasteiger partial charge is 0.138 e. The molecule has 0 atom stereocenters. The Bertz CT molecular complexity index is 319. The van der Waals surface area contributed by atoms with Crippen molar-refractivity contribution in [1.82, 2.24) is 15.0 Å². The first kappa shape index (κ1) is 11.6. The molecule has 0 radical (unpaired) electrons. The third-order valence-electron chi connectivity index (χ3n) is 3.04. The summed E-state index contributed by atoms with van der Waals surface area (Å²) in [5, 5.41) is 12.6. The number of rotatable bonds is 4. The van der Waals surface area contributed by atoms with E-state index < -0.39 is 0 Å². The van der Waals surface area contributed by atoms with Crippen LogP contribution in [-0.2, 0) is 13.0 Å². The molecule has 16 heavy (non-hydrogen) atoms. The molecule has 0 aromatic carbocycles. The van der Waals surface area contributed by atoms with Crippen molar-refractivity contribution in [3.63, 3.8) is 0 Å². The van der Waals surface area contributed by atoms with Crippen LogP contribution in [0, 0.1) is 0 Å². The minimum Gasteiger partial charge on any atom is -0.390 e. The van der Waals surface area contributed by atoms with Crippen LogP contribution in [0.3, 0.4) is 0 Å². The normalized spacial score (nSPS) is 19.1. The Hall–Kier alpha value is -0.910. The lowest BCUT2D eigenvalue weighted by Crippen LogP contribution is -2.45. The molecule has 1 fully saturated rings. The van der Waals surface area contributed by atoms with Gasteiger partial charge >= 0.3 is 0 Å². The van der Waals surface area contributed by atoms with Gasteiger partial charge in [0.2, 0.25) is 0 Å². The first-order valence-electron chi connectivity index (χ1n) is 5.74. The van der Waals surface area contributed by atoms with E-state index in [9.17, 15) is 0 Å². The van der Waals surface area contributed by atoms with Gasteiger partial charge in [-0.3, -0.25) is 0 Å². The lowest BCUT2D eigenvalue weighted by molar-refractivity contribution is 0.153. The number of piperazine rings is 1. The number of aliphatic hydroxyl groups excluding tert-OH is 1. The molecule has 0 amide bonds. The monoisotopic (exact) mass is 225 g/mol. The molecule has 2 rings (SSSR count). The summed E-state index contributed by atoms with van der Waals surface area (Å²) in [5.74, 6) is 0.864. The highest BCUT2D eigenvalue weighted by molar-refractivity contribution is 5.04. The Morgan fingerprint density at radius 3 is 2.75 bits per heavy atom. The van der Waals surface area contributed by atoms with Crippen molar-refractivity contribution >= 4 is 0 Å². The van der Waals surface area contributed by atoms with E-state index in [0.717, 1.165) is 44.9 Å². The van der Waals surface area contributed by atoms with Crippen LogP contribution < -0.4 is 0 Å². The van der Waals surface area contributed by atoms with Gasteiger partial charge < -0.3 is 19.4 Å². The number of nitrogens with zero attached hydrogens (tertiary/aromatic N) is 3. The summed E-state index contributed by atoms with van der Waals surface area (Å²) in [6.45, 7) is 5.48. The third kappa shape index (κ3) is 3.04. The second-order valence-corrected chi connectivity index (χ2v) is 4.34. The SMILES string of the molecule is CN1CCN(CCc2cc(CO)no2)CC1. The Morgan fingerprint density at radius 2 is 2.12 bits per heavy atom. The minimum absolute atomic E-state index is 0.0436. The molecule has 1 aliphatic heterocycles. The second-order valence-electron chi connectivity index (χ2n) is 4.34. The van der Waals surface area contributed by atoms with Crippen LogP contribution in [-0.4, -0.2) is 59.8 Å². The largest absolute Gasteiger partial charge is 0.390 e. The summed E-state index contributed by atoms with van der Waals surface area (Å²) in [6, 6.07) is 1.83. The molecule has 5 heteroatoms. The highest BCUT2D eigenvalue weighted by Gasteiger charge is 2.14. The van der Waals surface area contributed by atoms with Gasteiger partial charge in [-0.15, -0.1) is 0 Å². The summed E-state index contributed by atoms with van der Waals surface area (Å²) >= 11 is 0. The first-order chi connectivity index (χ1) is 7.78. The van der Waals surface area contributed by atoms with Crippen molar-refractivity contribution in [3.8, 4) is 0 Å². The Kier molecular flexibility index (Phi) is 3.93. The predicted octanol–water partition coefficient (Wildman–Crippen LogP) is -0.0432. The molecule has 2 heterocycles. The van der Waals surface area contributed by atoms with Crippen molar-refractivity contribution < 1.29 is 9.63 Å². The Labute approximate surface area is 95.6 Å². The highest BCUT2D eigenvalue weighted by Crippen LogP contribution is 2.06. The van der Waals surface area contributed by atoms with Crippen molar-refractivity contribution in [2.24, 2.45) is 0 Å². The zero-order chi connectivity index (χ0) is 11.4. The number of aliphatic hydroxyl groups is 1.